The first-order valence-corrected chi connectivity index (χ1v) is 19.0. The Hall–Kier alpha value is -3.24. The number of carbonyl (C=O) groups excluding carboxylic acids is 2. The van der Waals surface area contributed by atoms with Crippen molar-refractivity contribution < 1.29 is 23.5 Å². The molecule has 1 aliphatic carbocycles. The van der Waals surface area contributed by atoms with E-state index in [-0.39, 0.29) is 36.3 Å². The van der Waals surface area contributed by atoms with Gasteiger partial charge in [-0.05, 0) is 89.6 Å². The van der Waals surface area contributed by atoms with Crippen molar-refractivity contribution >= 4 is 36.8 Å². The smallest absolute Gasteiger partial charge is 0.407 e. The molecule has 4 rings (SSSR count). The van der Waals surface area contributed by atoms with E-state index in [2.05, 4.69) is 35.3 Å². The quantitative estimate of drug-likeness (QED) is 0.180. The highest BCUT2D eigenvalue weighted by Crippen LogP contribution is 2.35. The van der Waals surface area contributed by atoms with Crippen LogP contribution in [0.25, 0.3) is 22.3 Å². The molecule has 0 radical (unpaired) electrons. The van der Waals surface area contributed by atoms with Crippen LogP contribution in [0.3, 0.4) is 0 Å². The van der Waals surface area contributed by atoms with Gasteiger partial charge < -0.3 is 24.7 Å². The van der Waals surface area contributed by atoms with Crippen molar-refractivity contribution in [2.24, 2.45) is 11.8 Å². The van der Waals surface area contributed by atoms with Crippen LogP contribution in [0.4, 0.5) is 14.9 Å². The number of hydrogen-bond donors (Lipinski definition) is 2. The molecule has 1 fully saturated rings. The Morgan fingerprint density at radius 1 is 1.12 bits per heavy atom. The number of hydrogen-bond acceptors (Lipinski definition) is 5. The number of carbonyl (C=O) groups is 2. The van der Waals surface area contributed by atoms with E-state index in [1.807, 2.05) is 50.5 Å². The summed E-state index contributed by atoms with van der Waals surface area (Å²) in [6, 6.07) is 11.2. The van der Waals surface area contributed by atoms with Crippen molar-refractivity contribution in [1.29, 1.82) is 0 Å². The zero-order chi connectivity index (χ0) is 31.4. The topological polar surface area (TPSA) is 94.5 Å². The maximum Gasteiger partial charge on any atom is 0.407 e. The molecule has 10 heteroatoms. The summed E-state index contributed by atoms with van der Waals surface area (Å²) in [5.74, 6) is -0.178. The zero-order valence-electron chi connectivity index (χ0n) is 26.6. The van der Waals surface area contributed by atoms with Crippen LogP contribution in [0.1, 0.15) is 53.4 Å². The highest BCUT2D eigenvalue weighted by molar-refractivity contribution is 6.76. The summed E-state index contributed by atoms with van der Waals surface area (Å²) in [5, 5.41) is 6.90. The van der Waals surface area contributed by atoms with Gasteiger partial charge in [0.05, 0.1) is 11.4 Å². The molecular weight excluding hydrogens is 563 g/mol. The lowest BCUT2D eigenvalue weighted by Crippen LogP contribution is -2.42. The van der Waals surface area contributed by atoms with Crippen LogP contribution in [-0.4, -0.2) is 47.9 Å². The first-order valence-electron chi connectivity index (χ1n) is 15.3. The Balaban J connectivity index is 1.47. The Labute approximate surface area is 255 Å². The number of nitrogens with one attached hydrogen (secondary N) is 2. The van der Waals surface area contributed by atoms with Crippen LogP contribution in [0.5, 0.6) is 0 Å². The van der Waals surface area contributed by atoms with Gasteiger partial charge >= 0.3 is 6.09 Å². The summed E-state index contributed by atoms with van der Waals surface area (Å²) in [6.07, 6.45) is 4.45. The van der Waals surface area contributed by atoms with Crippen LogP contribution >= 0.6 is 0 Å². The molecule has 0 bridgehead atoms. The van der Waals surface area contributed by atoms with E-state index < -0.39 is 19.8 Å². The maximum atomic E-state index is 14.2. The van der Waals surface area contributed by atoms with Crippen molar-refractivity contribution in [3.8, 4) is 11.3 Å². The SMILES string of the molecule is CC(NC(=O)OC(C)(C)C)[C@H]1CC[C@H](C(=O)Nc2ccnc3c2cc(-c2cccc(F)c2)n3COCC[Si](C)(C)C)CC1. The Bertz CT molecular complexity index is 1420. The predicted octanol–water partition coefficient (Wildman–Crippen LogP) is 7.81. The number of halogens is 1. The highest BCUT2D eigenvalue weighted by atomic mass is 28.3. The first kappa shape index (κ1) is 32.7. The third kappa shape index (κ3) is 9.12. The maximum absolute atomic E-state index is 14.2. The third-order valence-electron chi connectivity index (χ3n) is 7.99. The second-order valence-corrected chi connectivity index (χ2v) is 19.6. The molecule has 2 N–H and O–H groups in total. The molecule has 1 atom stereocenters. The number of nitrogens with zero attached hydrogens (tertiary/aromatic N) is 2. The van der Waals surface area contributed by atoms with Crippen LogP contribution < -0.4 is 10.6 Å². The number of rotatable bonds is 10. The molecule has 1 aliphatic rings. The first-order chi connectivity index (χ1) is 20.2. The molecule has 43 heavy (non-hydrogen) atoms. The molecule has 0 spiro atoms. The van der Waals surface area contributed by atoms with Crippen molar-refractivity contribution in [3.63, 3.8) is 0 Å². The van der Waals surface area contributed by atoms with Gasteiger partial charge in [-0.2, -0.15) is 0 Å². The van der Waals surface area contributed by atoms with E-state index in [1.165, 1.54) is 12.1 Å². The van der Waals surface area contributed by atoms with Crippen LogP contribution in [0.15, 0.2) is 42.6 Å². The zero-order valence-corrected chi connectivity index (χ0v) is 27.6. The van der Waals surface area contributed by atoms with Crippen LogP contribution in [0.2, 0.25) is 25.7 Å². The predicted molar refractivity (Wildman–Crippen MR) is 172 cm³/mol. The molecule has 1 unspecified atom stereocenters. The Kier molecular flexibility index (Phi) is 10.3. The summed E-state index contributed by atoms with van der Waals surface area (Å²) < 4.78 is 27.6. The molecule has 234 valence electrons. The minimum Gasteiger partial charge on any atom is -0.444 e. The van der Waals surface area contributed by atoms with E-state index in [1.54, 1.807) is 12.3 Å². The second-order valence-electron chi connectivity index (χ2n) is 13.9. The fourth-order valence-electron chi connectivity index (χ4n) is 5.54. The average Bonchev–Trinajstić information content (AvgIpc) is 3.29. The lowest BCUT2D eigenvalue weighted by atomic mass is 9.78. The summed E-state index contributed by atoms with van der Waals surface area (Å²) >= 11 is 0. The van der Waals surface area contributed by atoms with Crippen molar-refractivity contribution in [2.45, 2.75) is 97.4 Å². The molecule has 0 aliphatic heterocycles. The molecule has 3 aromatic rings. The molecule has 0 saturated heterocycles. The van der Waals surface area contributed by atoms with E-state index in [0.717, 1.165) is 48.4 Å². The minimum absolute atomic E-state index is 0.0230. The van der Waals surface area contributed by atoms with Crippen molar-refractivity contribution in [1.82, 2.24) is 14.9 Å². The average molecular weight is 611 g/mol. The van der Waals surface area contributed by atoms with E-state index in [9.17, 15) is 14.0 Å². The molecular formula is C33H47FN4O4Si. The van der Waals surface area contributed by atoms with E-state index in [0.29, 0.717) is 17.9 Å². The van der Waals surface area contributed by atoms with Crippen molar-refractivity contribution in [3.05, 3.63) is 48.4 Å². The number of benzene rings is 1. The lowest BCUT2D eigenvalue weighted by Gasteiger charge is -2.32. The number of anilines is 1. The largest absolute Gasteiger partial charge is 0.444 e. The van der Waals surface area contributed by atoms with E-state index >= 15 is 0 Å². The second kappa shape index (κ2) is 13.6. The Morgan fingerprint density at radius 2 is 1.84 bits per heavy atom. The summed E-state index contributed by atoms with van der Waals surface area (Å²) in [5.41, 5.74) is 2.31. The monoisotopic (exact) mass is 610 g/mol. The highest BCUT2D eigenvalue weighted by Gasteiger charge is 2.31. The minimum atomic E-state index is -1.26. The summed E-state index contributed by atoms with van der Waals surface area (Å²) in [6.45, 7) is 15.4. The molecule has 1 aromatic carbocycles. The van der Waals surface area contributed by atoms with Gasteiger partial charge in [-0.1, -0.05) is 31.8 Å². The Morgan fingerprint density at radius 3 is 2.49 bits per heavy atom. The third-order valence-corrected chi connectivity index (χ3v) is 9.69. The van der Waals surface area contributed by atoms with Gasteiger partial charge in [0, 0.05) is 43.8 Å². The lowest BCUT2D eigenvalue weighted by molar-refractivity contribution is -0.121. The molecule has 2 aromatic heterocycles. The van der Waals surface area contributed by atoms with Gasteiger partial charge in [0.2, 0.25) is 5.91 Å². The van der Waals surface area contributed by atoms with Gasteiger partial charge in [-0.3, -0.25) is 4.79 Å². The van der Waals surface area contributed by atoms with Gasteiger partial charge in [0.1, 0.15) is 23.8 Å². The van der Waals surface area contributed by atoms with E-state index in [4.69, 9.17) is 9.47 Å². The van der Waals surface area contributed by atoms with Gasteiger partial charge in [0.25, 0.3) is 0 Å². The number of ether oxygens (including phenoxy) is 2. The van der Waals surface area contributed by atoms with Crippen molar-refractivity contribution in [2.75, 3.05) is 11.9 Å². The number of amides is 2. The fourth-order valence-corrected chi connectivity index (χ4v) is 6.29. The standard InChI is InChI=1S/C33H47FN4O4Si/c1-22(36-32(40)42-33(2,3)4)23-11-13-24(14-12-23)31(39)37-28-15-16-35-30-27(28)20-29(25-9-8-10-26(34)19-25)38(30)21-41-17-18-43(5,6)7/h8-10,15-16,19-20,22-24H,11-14,17-18,21H2,1-7H3,(H,36,40)(H,35,37,39)/t22?,23-,24-. The van der Waals surface area contributed by atoms with Gasteiger partial charge in [-0.25, -0.2) is 14.2 Å². The van der Waals surface area contributed by atoms with Gasteiger partial charge in [-0.15, -0.1) is 0 Å². The van der Waals surface area contributed by atoms with Crippen LogP contribution in [0, 0.1) is 17.7 Å². The summed E-state index contributed by atoms with van der Waals surface area (Å²) in [7, 11) is -1.26. The molecule has 2 heterocycles. The fraction of sp³-hybridized carbons (Fsp3) is 0.545. The number of pyridine rings is 1. The number of alkyl carbamates (subject to hydrolysis) is 1. The normalized spacial score (nSPS) is 18.3. The number of aromatic nitrogens is 2. The molecule has 1 saturated carbocycles. The van der Waals surface area contributed by atoms with Crippen LogP contribution in [-0.2, 0) is 21.0 Å². The molecule has 2 amide bonds. The summed E-state index contributed by atoms with van der Waals surface area (Å²) in [4.78, 5) is 30.3. The van der Waals surface area contributed by atoms with Gasteiger partial charge in [0.15, 0.2) is 0 Å². The number of fused-ring (bicyclic) bond motifs is 1. The molecule has 8 nitrogen and oxygen atoms in total.